The molecule has 0 saturated carbocycles. The molecule has 1 fully saturated rings. The van der Waals surface area contributed by atoms with Crippen molar-refractivity contribution < 1.29 is 9.00 Å². The molecule has 1 heterocycles. The quantitative estimate of drug-likeness (QED) is 0.866. The van der Waals surface area contributed by atoms with Crippen molar-refractivity contribution in [3.05, 3.63) is 29.3 Å². The molecule has 1 aliphatic rings. The fourth-order valence-corrected chi connectivity index (χ4v) is 3.58. The number of nitriles is 1. The smallest absolute Gasteiger partial charge is 0.308 e. The average molecular weight is 312 g/mol. The first kappa shape index (κ1) is 14.8. The Kier molecular flexibility index (Phi) is 4.02. The molecule has 0 aromatic heterocycles. The van der Waals surface area contributed by atoms with Crippen LogP contribution in [0.2, 0.25) is 5.02 Å². The SMILES string of the molecule is CC1(C)N(C(=O)Nc2ccc(Cl)cc2)C(C#N)CS1=O. The second kappa shape index (κ2) is 5.43. The van der Waals surface area contributed by atoms with Crippen LogP contribution in [-0.4, -0.2) is 31.8 Å². The van der Waals surface area contributed by atoms with Gasteiger partial charge < -0.3 is 5.32 Å². The van der Waals surface area contributed by atoms with E-state index in [9.17, 15) is 9.00 Å². The Morgan fingerprint density at radius 3 is 2.65 bits per heavy atom. The normalized spacial score (nSPS) is 24.2. The zero-order valence-corrected chi connectivity index (χ0v) is 12.7. The number of anilines is 1. The topological polar surface area (TPSA) is 73.2 Å². The summed E-state index contributed by atoms with van der Waals surface area (Å²) in [5, 5.41) is 12.4. The van der Waals surface area contributed by atoms with Gasteiger partial charge in [-0.25, -0.2) is 4.79 Å². The van der Waals surface area contributed by atoms with E-state index in [1.165, 1.54) is 4.90 Å². The molecule has 106 valence electrons. The molecule has 2 atom stereocenters. The molecular formula is C13H14ClN3O2S. The lowest BCUT2D eigenvalue weighted by Crippen LogP contribution is -2.49. The van der Waals surface area contributed by atoms with Crippen molar-refractivity contribution in [2.45, 2.75) is 24.8 Å². The lowest BCUT2D eigenvalue weighted by molar-refractivity contribution is 0.184. The minimum atomic E-state index is -1.25. The third-order valence-electron chi connectivity index (χ3n) is 3.22. The number of benzene rings is 1. The Balaban J connectivity index is 2.21. The number of nitrogens with zero attached hydrogens (tertiary/aromatic N) is 2. The maximum atomic E-state index is 12.3. The predicted octanol–water partition coefficient (Wildman–Crippen LogP) is 2.56. The van der Waals surface area contributed by atoms with Gasteiger partial charge in [-0.2, -0.15) is 5.26 Å². The maximum absolute atomic E-state index is 12.3. The number of urea groups is 1. The van der Waals surface area contributed by atoms with Gasteiger partial charge in [0, 0.05) is 10.7 Å². The van der Waals surface area contributed by atoms with E-state index in [4.69, 9.17) is 16.9 Å². The Morgan fingerprint density at radius 2 is 2.10 bits per heavy atom. The minimum absolute atomic E-state index is 0.178. The van der Waals surface area contributed by atoms with E-state index >= 15 is 0 Å². The van der Waals surface area contributed by atoms with E-state index < -0.39 is 27.7 Å². The van der Waals surface area contributed by atoms with Gasteiger partial charge >= 0.3 is 6.03 Å². The molecule has 0 radical (unpaired) electrons. The van der Waals surface area contributed by atoms with Gasteiger partial charge in [-0.1, -0.05) is 11.6 Å². The number of nitrogens with one attached hydrogen (secondary N) is 1. The van der Waals surface area contributed by atoms with E-state index in [0.29, 0.717) is 10.7 Å². The molecule has 7 heteroatoms. The van der Waals surface area contributed by atoms with Crippen LogP contribution in [0.5, 0.6) is 0 Å². The summed E-state index contributed by atoms with van der Waals surface area (Å²) in [6.45, 7) is 3.39. The molecular weight excluding hydrogens is 298 g/mol. The summed E-state index contributed by atoms with van der Waals surface area (Å²) < 4.78 is 12.0. The summed E-state index contributed by atoms with van der Waals surface area (Å²) in [7, 11) is -1.25. The summed E-state index contributed by atoms with van der Waals surface area (Å²) in [6.07, 6.45) is 0. The fourth-order valence-electron chi connectivity index (χ4n) is 2.10. The number of carbonyl (C=O) groups is 1. The molecule has 1 aliphatic heterocycles. The van der Waals surface area contributed by atoms with Crippen LogP contribution in [0.3, 0.4) is 0 Å². The maximum Gasteiger partial charge on any atom is 0.324 e. The Labute approximate surface area is 125 Å². The van der Waals surface area contributed by atoms with Crippen LogP contribution in [0.4, 0.5) is 10.5 Å². The van der Waals surface area contributed by atoms with E-state index in [1.54, 1.807) is 38.1 Å². The Hall–Kier alpha value is -1.58. The first-order valence-electron chi connectivity index (χ1n) is 6.00. The summed E-state index contributed by atoms with van der Waals surface area (Å²) >= 11 is 5.78. The van der Waals surface area contributed by atoms with Crippen LogP contribution < -0.4 is 5.32 Å². The van der Waals surface area contributed by atoms with Crippen molar-refractivity contribution in [2.75, 3.05) is 11.1 Å². The summed E-state index contributed by atoms with van der Waals surface area (Å²) in [4.78, 5) is 12.8. The average Bonchev–Trinajstić information content (AvgIpc) is 2.62. The monoisotopic (exact) mass is 311 g/mol. The van der Waals surface area contributed by atoms with E-state index in [1.807, 2.05) is 6.07 Å². The lowest BCUT2D eigenvalue weighted by atomic mass is 10.2. The van der Waals surface area contributed by atoms with Crippen LogP contribution >= 0.6 is 11.6 Å². The molecule has 0 bridgehead atoms. The number of hydrogen-bond acceptors (Lipinski definition) is 3. The van der Waals surface area contributed by atoms with E-state index in [0.717, 1.165) is 0 Å². The first-order valence-corrected chi connectivity index (χ1v) is 7.70. The van der Waals surface area contributed by atoms with Crippen LogP contribution in [0.1, 0.15) is 13.8 Å². The second-order valence-electron chi connectivity index (χ2n) is 4.91. The zero-order valence-electron chi connectivity index (χ0n) is 11.1. The van der Waals surface area contributed by atoms with Crippen molar-refractivity contribution in [2.24, 2.45) is 0 Å². The highest BCUT2D eigenvalue weighted by Gasteiger charge is 2.48. The summed E-state index contributed by atoms with van der Waals surface area (Å²) in [6, 6.07) is 7.56. The van der Waals surface area contributed by atoms with Crippen molar-refractivity contribution in [1.82, 2.24) is 4.90 Å². The third kappa shape index (κ3) is 2.65. The van der Waals surface area contributed by atoms with Gasteiger partial charge in [0.05, 0.1) is 22.6 Å². The largest absolute Gasteiger partial charge is 0.324 e. The van der Waals surface area contributed by atoms with Gasteiger partial charge in [-0.15, -0.1) is 0 Å². The molecule has 1 saturated heterocycles. The molecule has 0 aliphatic carbocycles. The highest BCUT2D eigenvalue weighted by atomic mass is 35.5. The van der Waals surface area contributed by atoms with Crippen molar-refractivity contribution in [3.8, 4) is 6.07 Å². The van der Waals surface area contributed by atoms with Gasteiger partial charge in [0.25, 0.3) is 0 Å². The number of carbonyl (C=O) groups excluding carboxylic acids is 1. The van der Waals surface area contributed by atoms with Crippen LogP contribution in [0.15, 0.2) is 24.3 Å². The Bertz CT molecular complexity index is 595. The molecule has 2 unspecified atom stereocenters. The number of rotatable bonds is 1. The standard InChI is InChI=1S/C13H14ClN3O2S/c1-13(2)17(11(7-15)8-20(13)19)12(18)16-10-5-3-9(14)4-6-10/h3-6,11H,8H2,1-2H3,(H,16,18). The summed E-state index contributed by atoms with van der Waals surface area (Å²) in [5.41, 5.74) is 0.574. The lowest BCUT2D eigenvalue weighted by Gasteiger charge is -2.31. The highest BCUT2D eigenvalue weighted by Crippen LogP contribution is 2.31. The summed E-state index contributed by atoms with van der Waals surface area (Å²) in [5.74, 6) is 0.178. The molecule has 5 nitrogen and oxygen atoms in total. The van der Waals surface area contributed by atoms with E-state index in [-0.39, 0.29) is 5.75 Å². The third-order valence-corrected chi connectivity index (χ3v) is 5.40. The van der Waals surface area contributed by atoms with Gasteiger partial charge in [0.1, 0.15) is 10.9 Å². The van der Waals surface area contributed by atoms with Crippen LogP contribution in [0, 0.1) is 11.3 Å². The molecule has 0 spiro atoms. The van der Waals surface area contributed by atoms with Crippen molar-refractivity contribution in [3.63, 3.8) is 0 Å². The van der Waals surface area contributed by atoms with Crippen molar-refractivity contribution in [1.29, 1.82) is 5.26 Å². The Morgan fingerprint density at radius 1 is 1.50 bits per heavy atom. The number of halogens is 1. The molecule has 1 aromatic carbocycles. The fraction of sp³-hybridized carbons (Fsp3) is 0.385. The highest BCUT2D eigenvalue weighted by molar-refractivity contribution is 7.86. The zero-order chi connectivity index (χ0) is 14.9. The number of amides is 2. The predicted molar refractivity (Wildman–Crippen MR) is 78.8 cm³/mol. The van der Waals surface area contributed by atoms with Gasteiger partial charge in [0.2, 0.25) is 0 Å². The van der Waals surface area contributed by atoms with E-state index in [2.05, 4.69) is 5.32 Å². The minimum Gasteiger partial charge on any atom is -0.308 e. The van der Waals surface area contributed by atoms with Gasteiger partial charge in [-0.05, 0) is 38.1 Å². The second-order valence-corrected chi connectivity index (χ2v) is 7.37. The molecule has 2 rings (SSSR count). The first-order chi connectivity index (χ1) is 9.36. The van der Waals surface area contributed by atoms with Gasteiger partial charge in [-0.3, -0.25) is 9.11 Å². The van der Waals surface area contributed by atoms with Crippen LogP contribution in [-0.2, 0) is 10.8 Å². The number of hydrogen-bond donors (Lipinski definition) is 1. The molecule has 2 amide bonds. The van der Waals surface area contributed by atoms with Crippen molar-refractivity contribution >= 4 is 34.1 Å². The van der Waals surface area contributed by atoms with Crippen LogP contribution in [0.25, 0.3) is 0 Å². The molecule has 20 heavy (non-hydrogen) atoms. The molecule has 1 aromatic rings. The molecule has 1 N–H and O–H groups in total. The van der Waals surface area contributed by atoms with Gasteiger partial charge in [0.15, 0.2) is 0 Å².